The summed E-state index contributed by atoms with van der Waals surface area (Å²) >= 11 is 0. The Morgan fingerprint density at radius 1 is 1.40 bits per heavy atom. The van der Waals surface area contributed by atoms with Gasteiger partial charge >= 0.3 is 5.97 Å². The minimum Gasteiger partial charge on any atom is -0.478 e. The van der Waals surface area contributed by atoms with E-state index >= 15 is 0 Å². The van der Waals surface area contributed by atoms with Crippen LogP contribution in [0.1, 0.15) is 12.5 Å². The van der Waals surface area contributed by atoms with E-state index in [9.17, 15) is 4.79 Å². The van der Waals surface area contributed by atoms with Crippen LogP contribution >= 0.6 is 0 Å². The van der Waals surface area contributed by atoms with Crippen molar-refractivity contribution in [2.24, 2.45) is 0 Å². The van der Waals surface area contributed by atoms with Gasteiger partial charge in [0.2, 0.25) is 0 Å². The minimum atomic E-state index is -0.935. The van der Waals surface area contributed by atoms with Crippen LogP contribution in [0.25, 0.3) is 0 Å². The standard InChI is InChI=1S/C8H11N.C4H6O2/c1-9-7-8-5-3-2-4-6-8;1-3(2)4(5)6/h2-6,9H,7H2,1H3;1H2,2H3,(H,5,6). The largest absolute Gasteiger partial charge is 0.478 e. The van der Waals surface area contributed by atoms with Gasteiger partial charge in [-0.05, 0) is 19.5 Å². The third-order valence-electron chi connectivity index (χ3n) is 1.59. The maximum atomic E-state index is 9.60. The van der Waals surface area contributed by atoms with E-state index in [2.05, 4.69) is 24.0 Å². The van der Waals surface area contributed by atoms with Crippen molar-refractivity contribution in [3.05, 3.63) is 48.0 Å². The van der Waals surface area contributed by atoms with E-state index in [4.69, 9.17) is 5.11 Å². The van der Waals surface area contributed by atoms with Crippen LogP contribution in [-0.2, 0) is 11.3 Å². The lowest BCUT2D eigenvalue weighted by Crippen LogP contribution is -2.04. The molecule has 0 radical (unpaired) electrons. The van der Waals surface area contributed by atoms with Gasteiger partial charge in [-0.1, -0.05) is 36.9 Å². The molecule has 1 rings (SSSR count). The predicted molar refractivity (Wildman–Crippen MR) is 61.7 cm³/mol. The van der Waals surface area contributed by atoms with Gasteiger partial charge in [-0.3, -0.25) is 0 Å². The summed E-state index contributed by atoms with van der Waals surface area (Å²) in [6, 6.07) is 10.3. The molecule has 0 aliphatic heterocycles. The lowest BCUT2D eigenvalue weighted by atomic mass is 10.2. The van der Waals surface area contributed by atoms with E-state index in [-0.39, 0.29) is 5.57 Å². The third-order valence-corrected chi connectivity index (χ3v) is 1.59. The third kappa shape index (κ3) is 7.46. The van der Waals surface area contributed by atoms with E-state index in [1.807, 2.05) is 25.2 Å². The second-order valence-corrected chi connectivity index (χ2v) is 3.10. The molecular formula is C12H17NO2. The van der Waals surface area contributed by atoms with E-state index in [1.165, 1.54) is 12.5 Å². The van der Waals surface area contributed by atoms with Crippen LogP contribution in [0.15, 0.2) is 42.5 Å². The molecule has 0 spiro atoms. The monoisotopic (exact) mass is 207 g/mol. The van der Waals surface area contributed by atoms with Gasteiger partial charge in [-0.25, -0.2) is 4.79 Å². The van der Waals surface area contributed by atoms with Crippen LogP contribution in [0.4, 0.5) is 0 Å². The summed E-state index contributed by atoms with van der Waals surface area (Å²) in [6.45, 7) is 5.56. The highest BCUT2D eigenvalue weighted by atomic mass is 16.4. The lowest BCUT2D eigenvalue weighted by Gasteiger charge is -1.95. The Hall–Kier alpha value is -1.61. The molecule has 0 aliphatic carbocycles. The Balaban J connectivity index is 0.000000288. The summed E-state index contributed by atoms with van der Waals surface area (Å²) < 4.78 is 0. The average Bonchev–Trinajstić information content (AvgIpc) is 2.20. The molecular weight excluding hydrogens is 190 g/mol. The van der Waals surface area contributed by atoms with E-state index in [0.29, 0.717) is 0 Å². The zero-order valence-corrected chi connectivity index (χ0v) is 9.16. The molecule has 3 heteroatoms. The fourth-order valence-electron chi connectivity index (χ4n) is 0.800. The van der Waals surface area contributed by atoms with Gasteiger partial charge in [-0.2, -0.15) is 0 Å². The fraction of sp³-hybridized carbons (Fsp3) is 0.250. The molecule has 0 saturated heterocycles. The zero-order valence-electron chi connectivity index (χ0n) is 9.16. The van der Waals surface area contributed by atoms with Crippen molar-refractivity contribution in [1.29, 1.82) is 0 Å². The minimum absolute atomic E-state index is 0.176. The first-order valence-corrected chi connectivity index (χ1v) is 4.65. The number of carbonyl (C=O) groups is 1. The molecule has 0 aliphatic rings. The zero-order chi connectivity index (χ0) is 11.7. The number of nitrogens with one attached hydrogen (secondary N) is 1. The number of benzene rings is 1. The summed E-state index contributed by atoms with van der Waals surface area (Å²) in [5, 5.41) is 11.0. The molecule has 0 amide bonds. The normalized spacial score (nSPS) is 8.67. The van der Waals surface area contributed by atoms with E-state index in [1.54, 1.807) is 0 Å². The fourth-order valence-corrected chi connectivity index (χ4v) is 0.800. The van der Waals surface area contributed by atoms with Gasteiger partial charge in [0.15, 0.2) is 0 Å². The number of carboxylic acid groups (broad SMARTS) is 1. The Bertz CT molecular complexity index is 295. The van der Waals surface area contributed by atoms with Gasteiger partial charge in [-0.15, -0.1) is 0 Å². The Kier molecular flexibility index (Phi) is 6.93. The lowest BCUT2D eigenvalue weighted by molar-refractivity contribution is -0.132. The highest BCUT2D eigenvalue weighted by Gasteiger charge is 1.90. The molecule has 82 valence electrons. The quantitative estimate of drug-likeness (QED) is 0.746. The van der Waals surface area contributed by atoms with Gasteiger partial charge < -0.3 is 10.4 Å². The van der Waals surface area contributed by atoms with Crippen LogP contribution < -0.4 is 5.32 Å². The molecule has 0 saturated carbocycles. The summed E-state index contributed by atoms with van der Waals surface area (Å²) in [6.07, 6.45) is 0. The SMILES string of the molecule is C=C(C)C(=O)O.CNCc1ccccc1. The summed E-state index contributed by atoms with van der Waals surface area (Å²) in [4.78, 5) is 9.60. The number of rotatable bonds is 3. The van der Waals surface area contributed by atoms with Crippen molar-refractivity contribution in [3.63, 3.8) is 0 Å². The Labute approximate surface area is 90.4 Å². The topological polar surface area (TPSA) is 49.3 Å². The molecule has 0 fully saturated rings. The van der Waals surface area contributed by atoms with Gasteiger partial charge in [0, 0.05) is 12.1 Å². The maximum Gasteiger partial charge on any atom is 0.330 e. The molecule has 1 aromatic carbocycles. The van der Waals surface area contributed by atoms with Crippen molar-refractivity contribution in [3.8, 4) is 0 Å². The molecule has 1 aromatic rings. The molecule has 15 heavy (non-hydrogen) atoms. The van der Waals surface area contributed by atoms with Crippen LogP contribution in [0.2, 0.25) is 0 Å². The van der Waals surface area contributed by atoms with E-state index < -0.39 is 5.97 Å². The molecule has 3 nitrogen and oxygen atoms in total. The van der Waals surface area contributed by atoms with Gasteiger partial charge in [0.1, 0.15) is 0 Å². The molecule has 0 atom stereocenters. The van der Waals surface area contributed by atoms with Crippen LogP contribution in [0.5, 0.6) is 0 Å². The molecule has 0 bridgehead atoms. The van der Waals surface area contributed by atoms with Crippen molar-refractivity contribution < 1.29 is 9.90 Å². The maximum absolute atomic E-state index is 9.60. The Morgan fingerprint density at radius 3 is 2.20 bits per heavy atom. The molecule has 2 N–H and O–H groups in total. The first-order valence-electron chi connectivity index (χ1n) is 4.65. The average molecular weight is 207 g/mol. The van der Waals surface area contributed by atoms with Crippen molar-refractivity contribution >= 4 is 5.97 Å². The smallest absolute Gasteiger partial charge is 0.330 e. The first kappa shape index (κ1) is 13.4. The predicted octanol–water partition coefficient (Wildman–Crippen LogP) is 2.05. The molecule has 0 heterocycles. The summed E-state index contributed by atoms with van der Waals surface area (Å²) in [5.41, 5.74) is 1.51. The van der Waals surface area contributed by atoms with Crippen LogP contribution in [0.3, 0.4) is 0 Å². The molecule has 0 unspecified atom stereocenters. The van der Waals surface area contributed by atoms with Gasteiger partial charge in [0.25, 0.3) is 0 Å². The summed E-state index contributed by atoms with van der Waals surface area (Å²) in [5.74, 6) is -0.935. The van der Waals surface area contributed by atoms with Crippen molar-refractivity contribution in [1.82, 2.24) is 5.32 Å². The number of hydrogen-bond acceptors (Lipinski definition) is 2. The second kappa shape index (κ2) is 7.76. The van der Waals surface area contributed by atoms with Gasteiger partial charge in [0.05, 0.1) is 0 Å². The highest BCUT2D eigenvalue weighted by Crippen LogP contribution is 1.95. The van der Waals surface area contributed by atoms with E-state index in [0.717, 1.165) is 6.54 Å². The van der Waals surface area contributed by atoms with Crippen LogP contribution in [0, 0.1) is 0 Å². The Morgan fingerprint density at radius 2 is 1.87 bits per heavy atom. The summed E-state index contributed by atoms with van der Waals surface area (Å²) in [7, 11) is 1.95. The number of hydrogen-bond donors (Lipinski definition) is 2. The first-order chi connectivity index (χ1) is 7.07. The van der Waals surface area contributed by atoms with Crippen LogP contribution in [-0.4, -0.2) is 18.1 Å². The number of aliphatic carboxylic acids is 1. The number of carboxylic acids is 1. The van der Waals surface area contributed by atoms with Crippen molar-refractivity contribution in [2.75, 3.05) is 7.05 Å². The second-order valence-electron chi connectivity index (χ2n) is 3.10. The molecule has 0 aromatic heterocycles. The van der Waals surface area contributed by atoms with Crippen molar-refractivity contribution in [2.45, 2.75) is 13.5 Å². The highest BCUT2D eigenvalue weighted by molar-refractivity contribution is 5.84.